The Kier molecular flexibility index (Phi) is 6.02. The molecule has 27 heavy (non-hydrogen) atoms. The first-order valence-corrected chi connectivity index (χ1v) is 9.81. The number of nitrogens with zero attached hydrogens (tertiary/aromatic N) is 1. The van der Waals surface area contributed by atoms with E-state index in [-0.39, 0.29) is 18.0 Å². The van der Waals surface area contributed by atoms with Crippen molar-refractivity contribution in [2.24, 2.45) is 0 Å². The van der Waals surface area contributed by atoms with E-state index < -0.39 is 0 Å². The second-order valence-corrected chi connectivity index (χ2v) is 7.34. The molecule has 0 amide bonds. The Morgan fingerprint density at radius 2 is 2.07 bits per heavy atom. The third kappa shape index (κ3) is 4.86. The maximum atomic E-state index is 13.6. The molecule has 0 spiro atoms. The minimum atomic E-state index is -0.175. The van der Waals surface area contributed by atoms with E-state index in [1.165, 1.54) is 11.6 Å². The monoisotopic (exact) mass is 370 g/mol. The predicted octanol–water partition coefficient (Wildman–Crippen LogP) is 3.53. The molecule has 2 fully saturated rings. The number of piperazine rings is 1. The van der Waals surface area contributed by atoms with Crippen LogP contribution in [0, 0.1) is 5.82 Å². The van der Waals surface area contributed by atoms with Gasteiger partial charge in [0.1, 0.15) is 18.2 Å². The average molecular weight is 370 g/mol. The first kappa shape index (κ1) is 18.4. The van der Waals surface area contributed by atoms with Crippen molar-refractivity contribution in [2.75, 3.05) is 32.8 Å². The maximum Gasteiger partial charge on any atom is 0.123 e. The average Bonchev–Trinajstić information content (AvgIpc) is 3.22. The lowest BCUT2D eigenvalue weighted by Gasteiger charge is -2.36. The molecular weight excluding hydrogens is 343 g/mol. The largest absolute Gasteiger partial charge is 0.491 e. The second kappa shape index (κ2) is 8.83. The van der Waals surface area contributed by atoms with E-state index in [0.717, 1.165) is 56.9 Å². The lowest BCUT2D eigenvalue weighted by Crippen LogP contribution is -2.45. The molecule has 2 atom stereocenters. The van der Waals surface area contributed by atoms with Crippen molar-refractivity contribution >= 4 is 0 Å². The summed E-state index contributed by atoms with van der Waals surface area (Å²) in [5, 5.41) is 3.43. The minimum absolute atomic E-state index is 0.175. The van der Waals surface area contributed by atoms with E-state index in [9.17, 15) is 4.39 Å². The Morgan fingerprint density at radius 1 is 1.19 bits per heavy atom. The molecule has 2 aliphatic heterocycles. The minimum Gasteiger partial charge on any atom is -0.491 e. The van der Waals surface area contributed by atoms with E-state index in [1.807, 2.05) is 18.2 Å². The van der Waals surface area contributed by atoms with Gasteiger partial charge in [-0.2, -0.15) is 0 Å². The molecular formula is C22H27FN2O2. The molecule has 4 rings (SSSR count). The summed E-state index contributed by atoms with van der Waals surface area (Å²) in [5.41, 5.74) is 2.27. The Morgan fingerprint density at radius 3 is 2.85 bits per heavy atom. The quantitative estimate of drug-likeness (QED) is 0.843. The standard InChI is InChI=1S/C22H27FN2O2/c23-19-4-1-3-18(13-19)22-14-24-10-11-25(22)15-17-6-8-20(9-7-17)27-16-21-5-2-12-26-21/h1,3-4,6-9,13,21-22,24H,2,5,10-12,14-16H2. The fourth-order valence-electron chi connectivity index (χ4n) is 3.87. The zero-order valence-electron chi connectivity index (χ0n) is 15.6. The van der Waals surface area contributed by atoms with Crippen LogP contribution in [0.4, 0.5) is 4.39 Å². The van der Waals surface area contributed by atoms with Crippen LogP contribution < -0.4 is 10.1 Å². The Hall–Kier alpha value is -1.95. The Labute approximate surface area is 160 Å². The van der Waals surface area contributed by atoms with Crippen molar-refractivity contribution in [1.29, 1.82) is 0 Å². The molecule has 0 radical (unpaired) electrons. The van der Waals surface area contributed by atoms with Gasteiger partial charge in [0, 0.05) is 38.8 Å². The lowest BCUT2D eigenvalue weighted by atomic mass is 10.0. The van der Waals surface area contributed by atoms with Gasteiger partial charge in [-0.1, -0.05) is 24.3 Å². The number of hydrogen-bond donors (Lipinski definition) is 1. The van der Waals surface area contributed by atoms with Crippen molar-refractivity contribution in [2.45, 2.75) is 31.5 Å². The van der Waals surface area contributed by atoms with Crippen LogP contribution in [0.2, 0.25) is 0 Å². The molecule has 4 nitrogen and oxygen atoms in total. The SMILES string of the molecule is Fc1cccc(C2CNCCN2Cc2ccc(OCC3CCCO3)cc2)c1. The summed E-state index contributed by atoms with van der Waals surface area (Å²) >= 11 is 0. The molecule has 0 aliphatic carbocycles. The van der Waals surface area contributed by atoms with Crippen LogP contribution >= 0.6 is 0 Å². The van der Waals surface area contributed by atoms with E-state index in [4.69, 9.17) is 9.47 Å². The van der Waals surface area contributed by atoms with E-state index >= 15 is 0 Å². The van der Waals surface area contributed by atoms with Crippen molar-refractivity contribution < 1.29 is 13.9 Å². The normalized spacial score (nSPS) is 23.4. The first-order valence-electron chi connectivity index (χ1n) is 9.81. The maximum absolute atomic E-state index is 13.6. The summed E-state index contributed by atoms with van der Waals surface area (Å²) in [7, 11) is 0. The van der Waals surface area contributed by atoms with Gasteiger partial charge in [0.15, 0.2) is 0 Å². The number of hydrogen-bond acceptors (Lipinski definition) is 4. The third-order valence-electron chi connectivity index (χ3n) is 5.36. The first-order chi connectivity index (χ1) is 13.3. The summed E-state index contributed by atoms with van der Waals surface area (Å²) < 4.78 is 25.1. The number of halogens is 1. The van der Waals surface area contributed by atoms with Crippen LogP contribution in [-0.2, 0) is 11.3 Å². The highest BCUT2D eigenvalue weighted by atomic mass is 19.1. The molecule has 0 aromatic heterocycles. The van der Waals surface area contributed by atoms with Gasteiger partial charge in [0.2, 0.25) is 0 Å². The summed E-state index contributed by atoms with van der Waals surface area (Å²) in [6.07, 6.45) is 2.45. The zero-order valence-corrected chi connectivity index (χ0v) is 15.6. The topological polar surface area (TPSA) is 33.7 Å². The van der Waals surface area contributed by atoms with Gasteiger partial charge in [0.05, 0.1) is 6.10 Å². The van der Waals surface area contributed by atoms with Crippen molar-refractivity contribution in [3.8, 4) is 5.75 Å². The van der Waals surface area contributed by atoms with Crippen LogP contribution in [0.15, 0.2) is 48.5 Å². The lowest BCUT2D eigenvalue weighted by molar-refractivity contribution is 0.0679. The van der Waals surface area contributed by atoms with Crippen molar-refractivity contribution in [3.05, 3.63) is 65.5 Å². The zero-order chi connectivity index (χ0) is 18.5. The number of ether oxygens (including phenoxy) is 2. The summed E-state index contributed by atoms with van der Waals surface area (Å²) in [5.74, 6) is 0.710. The molecule has 2 saturated heterocycles. The summed E-state index contributed by atoms with van der Waals surface area (Å²) in [4.78, 5) is 2.41. The molecule has 5 heteroatoms. The molecule has 1 N–H and O–H groups in total. The van der Waals surface area contributed by atoms with Gasteiger partial charge in [0.25, 0.3) is 0 Å². The predicted molar refractivity (Wildman–Crippen MR) is 103 cm³/mol. The number of nitrogens with one attached hydrogen (secondary N) is 1. The van der Waals surface area contributed by atoms with Crippen LogP contribution in [0.25, 0.3) is 0 Å². The highest BCUT2D eigenvalue weighted by Gasteiger charge is 2.24. The van der Waals surface area contributed by atoms with Crippen molar-refractivity contribution in [3.63, 3.8) is 0 Å². The molecule has 2 unspecified atom stereocenters. The molecule has 2 aromatic rings. The molecule has 2 aliphatic rings. The molecule has 0 saturated carbocycles. The van der Waals surface area contributed by atoms with Gasteiger partial charge in [-0.3, -0.25) is 4.90 Å². The van der Waals surface area contributed by atoms with E-state index in [0.29, 0.717) is 6.61 Å². The van der Waals surface area contributed by atoms with E-state index in [1.54, 1.807) is 12.1 Å². The summed E-state index contributed by atoms with van der Waals surface area (Å²) in [6.45, 7) is 5.05. The molecule has 2 aromatic carbocycles. The number of benzene rings is 2. The molecule has 0 bridgehead atoms. The van der Waals surface area contributed by atoms with Gasteiger partial charge in [-0.25, -0.2) is 4.39 Å². The smallest absolute Gasteiger partial charge is 0.123 e. The third-order valence-corrected chi connectivity index (χ3v) is 5.36. The highest BCUT2D eigenvalue weighted by Crippen LogP contribution is 2.25. The Bertz CT molecular complexity index is 731. The fourth-order valence-corrected chi connectivity index (χ4v) is 3.87. The summed E-state index contributed by atoms with van der Waals surface area (Å²) in [6, 6.07) is 15.4. The van der Waals surface area contributed by atoms with Crippen LogP contribution in [0.1, 0.15) is 30.0 Å². The Balaban J connectivity index is 1.37. The van der Waals surface area contributed by atoms with Crippen LogP contribution in [0.3, 0.4) is 0 Å². The molecule has 144 valence electrons. The van der Waals surface area contributed by atoms with Crippen LogP contribution in [-0.4, -0.2) is 43.9 Å². The van der Waals surface area contributed by atoms with Gasteiger partial charge in [-0.05, 0) is 48.2 Å². The highest BCUT2D eigenvalue weighted by molar-refractivity contribution is 5.28. The van der Waals surface area contributed by atoms with Crippen LogP contribution in [0.5, 0.6) is 5.75 Å². The van der Waals surface area contributed by atoms with Gasteiger partial charge >= 0.3 is 0 Å². The second-order valence-electron chi connectivity index (χ2n) is 7.34. The van der Waals surface area contributed by atoms with Crippen molar-refractivity contribution in [1.82, 2.24) is 10.2 Å². The van der Waals surface area contributed by atoms with Gasteiger partial charge in [-0.15, -0.1) is 0 Å². The molecule has 2 heterocycles. The van der Waals surface area contributed by atoms with Gasteiger partial charge < -0.3 is 14.8 Å². The van der Waals surface area contributed by atoms with E-state index in [2.05, 4.69) is 22.3 Å². The fraction of sp³-hybridized carbons (Fsp3) is 0.455. The number of rotatable bonds is 6.